The highest BCUT2D eigenvalue weighted by molar-refractivity contribution is 7.16. The summed E-state index contributed by atoms with van der Waals surface area (Å²) in [5.74, 6) is 1.62. The van der Waals surface area contributed by atoms with Crippen LogP contribution in [0.4, 0.5) is 5.82 Å². The Morgan fingerprint density at radius 1 is 1.41 bits per heavy atom. The van der Waals surface area contributed by atoms with E-state index in [0.29, 0.717) is 23.4 Å². The Bertz CT molecular complexity index is 798. The lowest BCUT2D eigenvalue weighted by Crippen LogP contribution is -2.41. The number of hydrogen-bond donors (Lipinski definition) is 3. The van der Waals surface area contributed by atoms with Crippen LogP contribution in [0, 0.1) is 0 Å². The number of nitrogens with one attached hydrogen (secondary N) is 2. The predicted molar refractivity (Wildman–Crippen MR) is 119 cm³/mol. The van der Waals surface area contributed by atoms with Crippen molar-refractivity contribution in [2.75, 3.05) is 37.7 Å². The maximum absolute atomic E-state index is 10.3. The Kier molecular flexibility index (Phi) is 8.11. The van der Waals surface area contributed by atoms with Gasteiger partial charge in [-0.25, -0.2) is 9.98 Å². The number of aromatic nitrogens is 1. The van der Waals surface area contributed by atoms with Gasteiger partial charge in [0, 0.05) is 37.3 Å². The number of anilines is 1. The van der Waals surface area contributed by atoms with Crippen LogP contribution in [0.5, 0.6) is 0 Å². The number of hydrogen-bond acceptors (Lipinski definition) is 6. The zero-order valence-corrected chi connectivity index (χ0v) is 18.3. The number of pyridine rings is 1. The Morgan fingerprint density at radius 2 is 2.28 bits per heavy atom. The number of rotatable bonds is 7. The predicted octanol–water partition coefficient (Wildman–Crippen LogP) is 2.81. The van der Waals surface area contributed by atoms with E-state index >= 15 is 0 Å². The van der Waals surface area contributed by atoms with E-state index in [2.05, 4.69) is 38.5 Å². The summed E-state index contributed by atoms with van der Waals surface area (Å²) in [6.07, 6.45) is 1.46. The molecule has 1 aliphatic heterocycles. The number of guanidine groups is 1. The zero-order valence-electron chi connectivity index (χ0n) is 16.8. The van der Waals surface area contributed by atoms with Crippen LogP contribution in [0.3, 0.4) is 0 Å². The van der Waals surface area contributed by atoms with E-state index in [1.807, 2.05) is 25.3 Å². The van der Waals surface area contributed by atoms with Crippen LogP contribution >= 0.6 is 22.9 Å². The molecule has 2 unspecified atom stereocenters. The summed E-state index contributed by atoms with van der Waals surface area (Å²) in [4.78, 5) is 12.3. The summed E-state index contributed by atoms with van der Waals surface area (Å²) in [7, 11) is 0. The monoisotopic (exact) mass is 437 g/mol. The van der Waals surface area contributed by atoms with E-state index in [1.165, 1.54) is 11.3 Å². The highest BCUT2D eigenvalue weighted by Crippen LogP contribution is 2.26. The van der Waals surface area contributed by atoms with Crippen molar-refractivity contribution in [2.45, 2.75) is 32.6 Å². The van der Waals surface area contributed by atoms with Crippen molar-refractivity contribution in [1.82, 2.24) is 15.6 Å². The summed E-state index contributed by atoms with van der Waals surface area (Å²) in [6, 6.07) is 7.72. The Balaban J connectivity index is 1.55. The van der Waals surface area contributed by atoms with E-state index in [9.17, 15) is 5.11 Å². The normalized spacial score (nSPS) is 18.6. The molecule has 0 bridgehead atoms. The number of aliphatic hydroxyl groups excluding tert-OH is 1. The van der Waals surface area contributed by atoms with Crippen molar-refractivity contribution in [3.63, 3.8) is 0 Å². The van der Waals surface area contributed by atoms with Crippen molar-refractivity contribution in [1.29, 1.82) is 0 Å². The molecule has 29 heavy (non-hydrogen) atoms. The second kappa shape index (κ2) is 10.8. The molecule has 2 atom stereocenters. The third kappa shape index (κ3) is 6.57. The second-order valence-electron chi connectivity index (χ2n) is 6.89. The van der Waals surface area contributed by atoms with Gasteiger partial charge in [-0.05, 0) is 37.6 Å². The highest BCUT2D eigenvalue weighted by Gasteiger charge is 2.17. The Labute approximate surface area is 180 Å². The van der Waals surface area contributed by atoms with Crippen molar-refractivity contribution < 1.29 is 9.84 Å². The average molecular weight is 438 g/mol. The quantitative estimate of drug-likeness (QED) is 0.456. The lowest BCUT2D eigenvalue weighted by molar-refractivity contribution is 0.0529. The lowest BCUT2D eigenvalue weighted by Gasteiger charge is -2.32. The van der Waals surface area contributed by atoms with Gasteiger partial charge in [0.15, 0.2) is 5.96 Å². The number of thiophene rings is 1. The smallest absolute Gasteiger partial charge is 0.191 e. The maximum Gasteiger partial charge on any atom is 0.191 e. The fourth-order valence-electron chi connectivity index (χ4n) is 3.04. The van der Waals surface area contributed by atoms with Gasteiger partial charge in [-0.3, -0.25) is 0 Å². The summed E-state index contributed by atoms with van der Waals surface area (Å²) in [5, 5.41) is 16.7. The molecule has 7 nitrogen and oxygen atoms in total. The molecule has 1 fully saturated rings. The summed E-state index contributed by atoms with van der Waals surface area (Å²) in [5.41, 5.74) is 1.03. The summed E-state index contributed by atoms with van der Waals surface area (Å²) < 4.78 is 6.25. The van der Waals surface area contributed by atoms with E-state index in [1.54, 1.807) is 6.07 Å². The average Bonchev–Trinajstić information content (AvgIpc) is 3.17. The van der Waals surface area contributed by atoms with Gasteiger partial charge >= 0.3 is 0 Å². The van der Waals surface area contributed by atoms with Crippen molar-refractivity contribution in [3.8, 4) is 0 Å². The van der Waals surface area contributed by atoms with Gasteiger partial charge in [-0.15, -0.1) is 11.3 Å². The van der Waals surface area contributed by atoms with E-state index < -0.39 is 6.10 Å². The van der Waals surface area contributed by atoms with Crippen LogP contribution in [0.1, 0.15) is 30.4 Å². The van der Waals surface area contributed by atoms with Crippen molar-refractivity contribution in [3.05, 3.63) is 45.2 Å². The molecule has 2 aromatic rings. The molecule has 0 aromatic carbocycles. The minimum atomic E-state index is -0.631. The molecular weight excluding hydrogens is 410 g/mol. The number of aliphatic hydroxyl groups is 1. The van der Waals surface area contributed by atoms with E-state index in [-0.39, 0.29) is 6.10 Å². The van der Waals surface area contributed by atoms with Crippen molar-refractivity contribution >= 4 is 34.7 Å². The minimum absolute atomic E-state index is 0.226. The first-order valence-corrected chi connectivity index (χ1v) is 11.0. The number of aliphatic imine (C=N–C) groups is 1. The van der Waals surface area contributed by atoms with Crippen molar-refractivity contribution in [2.24, 2.45) is 4.99 Å². The molecule has 0 saturated carbocycles. The molecular formula is C20H28ClN5O2S. The fraction of sp³-hybridized carbons (Fsp3) is 0.500. The SMILES string of the molecule is CCNC(=NCc1ccc(N2CCOC(C)C2)nc1)NCC(O)c1ccc(Cl)s1. The molecule has 3 N–H and O–H groups in total. The van der Waals surface area contributed by atoms with Gasteiger partial charge in [-0.1, -0.05) is 17.7 Å². The number of morpholine rings is 1. The standard InChI is InChI=1S/C20H28ClN5O2S/c1-3-22-20(25-12-16(27)17-5-6-18(21)29-17)24-11-15-4-7-19(23-10-15)26-8-9-28-14(2)13-26/h4-7,10,14,16,27H,3,8-9,11-13H2,1-2H3,(H2,22,24,25). The first kappa shape index (κ1) is 21.8. The lowest BCUT2D eigenvalue weighted by atomic mass is 10.2. The Hall–Kier alpha value is -1.87. The summed E-state index contributed by atoms with van der Waals surface area (Å²) in [6.45, 7) is 8.13. The molecule has 0 amide bonds. The van der Waals surface area contributed by atoms with Crippen LogP contribution in [-0.2, 0) is 11.3 Å². The summed E-state index contributed by atoms with van der Waals surface area (Å²) >= 11 is 7.32. The van der Waals surface area contributed by atoms with Crippen LogP contribution in [0.15, 0.2) is 35.5 Å². The molecule has 9 heteroatoms. The van der Waals surface area contributed by atoms with Gasteiger partial charge in [-0.2, -0.15) is 0 Å². The molecule has 2 aromatic heterocycles. The van der Waals surface area contributed by atoms with Gasteiger partial charge in [0.25, 0.3) is 0 Å². The largest absolute Gasteiger partial charge is 0.386 e. The van der Waals surface area contributed by atoms with Crippen LogP contribution in [0.25, 0.3) is 0 Å². The van der Waals surface area contributed by atoms with Gasteiger partial charge in [0.05, 0.1) is 23.6 Å². The zero-order chi connectivity index (χ0) is 20.6. The van der Waals surface area contributed by atoms with Gasteiger partial charge in [0.2, 0.25) is 0 Å². The molecule has 3 heterocycles. The molecule has 0 aliphatic carbocycles. The molecule has 158 valence electrons. The second-order valence-corrected chi connectivity index (χ2v) is 8.63. The van der Waals surface area contributed by atoms with Crippen LogP contribution in [0.2, 0.25) is 4.34 Å². The van der Waals surface area contributed by atoms with Crippen LogP contribution < -0.4 is 15.5 Å². The van der Waals surface area contributed by atoms with Gasteiger partial charge < -0.3 is 25.4 Å². The third-order valence-electron chi connectivity index (χ3n) is 4.52. The maximum atomic E-state index is 10.3. The van der Waals surface area contributed by atoms with E-state index in [0.717, 1.165) is 42.5 Å². The number of ether oxygens (including phenoxy) is 1. The highest BCUT2D eigenvalue weighted by atomic mass is 35.5. The van der Waals surface area contributed by atoms with E-state index in [4.69, 9.17) is 16.3 Å². The fourth-order valence-corrected chi connectivity index (χ4v) is 4.08. The van der Waals surface area contributed by atoms with Gasteiger partial charge in [0.1, 0.15) is 11.9 Å². The first-order chi connectivity index (χ1) is 14.0. The molecule has 1 aliphatic rings. The number of nitrogens with zero attached hydrogens (tertiary/aromatic N) is 3. The molecule has 1 saturated heterocycles. The topological polar surface area (TPSA) is 82.0 Å². The first-order valence-electron chi connectivity index (χ1n) is 9.82. The van der Waals surface area contributed by atoms with Crippen LogP contribution in [-0.4, -0.2) is 54.9 Å². The number of halogens is 1. The Morgan fingerprint density at radius 3 is 2.93 bits per heavy atom. The molecule has 3 rings (SSSR count). The third-order valence-corrected chi connectivity index (χ3v) is 5.86. The molecule has 0 radical (unpaired) electrons. The molecule has 0 spiro atoms. The minimum Gasteiger partial charge on any atom is -0.386 e.